The fourth-order valence-corrected chi connectivity index (χ4v) is 2.58. The Kier molecular flexibility index (Phi) is 5.94. The number of nitrogens with one attached hydrogen (secondary N) is 1. The molecule has 132 valence electrons. The van der Waals surface area contributed by atoms with Crippen molar-refractivity contribution < 1.29 is 23.8 Å². The number of ether oxygens (including phenoxy) is 1. The van der Waals surface area contributed by atoms with Crippen LogP contribution in [0.4, 0.5) is 4.79 Å². The van der Waals surface area contributed by atoms with Gasteiger partial charge in [0.15, 0.2) is 11.9 Å². The highest BCUT2D eigenvalue weighted by Gasteiger charge is 2.19. The Hall–Kier alpha value is -3.09. The summed E-state index contributed by atoms with van der Waals surface area (Å²) in [5.74, 6) is -0.464. The van der Waals surface area contributed by atoms with Crippen LogP contribution in [0.3, 0.4) is 0 Å². The number of aldehydes is 1. The van der Waals surface area contributed by atoms with Gasteiger partial charge in [0.1, 0.15) is 12.4 Å². The van der Waals surface area contributed by atoms with Gasteiger partial charge in [-0.3, -0.25) is 4.79 Å². The predicted molar refractivity (Wildman–Crippen MR) is 92.1 cm³/mol. The third-order valence-corrected chi connectivity index (χ3v) is 3.84. The van der Waals surface area contributed by atoms with Crippen molar-refractivity contribution in [2.45, 2.75) is 19.3 Å². The number of carbonyl (C=O) groups excluding carboxylic acids is 2. The van der Waals surface area contributed by atoms with E-state index in [4.69, 9.17) is 9.15 Å². The second kappa shape index (κ2) is 8.14. The summed E-state index contributed by atoms with van der Waals surface area (Å²) in [6.45, 7) is 5.70. The molecule has 0 aliphatic rings. The third kappa shape index (κ3) is 4.06. The lowest BCUT2D eigenvalue weighted by Gasteiger charge is -2.18. The van der Waals surface area contributed by atoms with Gasteiger partial charge in [-0.1, -0.05) is 19.6 Å². The maximum absolute atomic E-state index is 11.9. The average Bonchev–Trinajstić information content (AvgIpc) is 2.60. The van der Waals surface area contributed by atoms with E-state index in [-0.39, 0.29) is 36.0 Å². The van der Waals surface area contributed by atoms with Gasteiger partial charge in [-0.05, 0) is 24.1 Å². The molecular formula is C18H19NO6. The van der Waals surface area contributed by atoms with E-state index in [1.807, 2.05) is 6.92 Å². The quantitative estimate of drug-likeness (QED) is 0.454. The third-order valence-electron chi connectivity index (χ3n) is 3.84. The van der Waals surface area contributed by atoms with Crippen LogP contribution in [0, 0.1) is 0 Å². The summed E-state index contributed by atoms with van der Waals surface area (Å²) in [4.78, 5) is 34.7. The number of amides is 1. The first-order chi connectivity index (χ1) is 12.0. The summed E-state index contributed by atoms with van der Waals surface area (Å²) in [6, 6.07) is 4.28. The topological polar surface area (TPSA) is 106 Å². The van der Waals surface area contributed by atoms with E-state index >= 15 is 0 Å². The zero-order valence-corrected chi connectivity index (χ0v) is 13.8. The minimum absolute atomic E-state index is 0.0326. The van der Waals surface area contributed by atoms with Gasteiger partial charge in [0, 0.05) is 23.9 Å². The molecule has 0 aliphatic heterocycles. The molecule has 1 amide bonds. The second-order valence-electron chi connectivity index (χ2n) is 5.39. The largest absolute Gasteiger partial charge is 0.507 e. The maximum Gasteiger partial charge on any atom is 0.407 e. The van der Waals surface area contributed by atoms with Crippen LogP contribution in [0.2, 0.25) is 0 Å². The molecule has 25 heavy (non-hydrogen) atoms. The zero-order valence-electron chi connectivity index (χ0n) is 13.8. The van der Waals surface area contributed by atoms with Crippen LogP contribution >= 0.6 is 0 Å². The lowest BCUT2D eigenvalue weighted by molar-refractivity contribution is 0.112. The number of benzene rings is 1. The van der Waals surface area contributed by atoms with Crippen molar-refractivity contribution in [1.82, 2.24) is 5.32 Å². The van der Waals surface area contributed by atoms with Crippen molar-refractivity contribution in [2.75, 3.05) is 13.2 Å². The number of aromatic hydroxyl groups is 1. The summed E-state index contributed by atoms with van der Waals surface area (Å²) in [6.07, 6.45) is 1.94. The van der Waals surface area contributed by atoms with Gasteiger partial charge in [0.05, 0.1) is 5.56 Å². The van der Waals surface area contributed by atoms with Gasteiger partial charge in [-0.2, -0.15) is 0 Å². The Morgan fingerprint density at radius 1 is 1.48 bits per heavy atom. The van der Waals surface area contributed by atoms with E-state index in [0.29, 0.717) is 23.7 Å². The molecule has 1 heterocycles. The predicted octanol–water partition coefficient (Wildman–Crippen LogP) is 2.72. The molecule has 0 saturated carbocycles. The van der Waals surface area contributed by atoms with Crippen molar-refractivity contribution >= 4 is 23.3 Å². The molecule has 2 rings (SSSR count). The number of hydrogen-bond acceptors (Lipinski definition) is 6. The number of hydrogen-bond donors (Lipinski definition) is 2. The maximum atomic E-state index is 11.9. The minimum atomic E-state index is -0.635. The molecule has 7 heteroatoms. The summed E-state index contributed by atoms with van der Waals surface area (Å²) in [5.41, 5.74) is -0.0559. The van der Waals surface area contributed by atoms with Crippen LogP contribution in [-0.4, -0.2) is 30.6 Å². The first-order valence-corrected chi connectivity index (χ1v) is 7.78. The Morgan fingerprint density at radius 2 is 2.24 bits per heavy atom. The zero-order chi connectivity index (χ0) is 18.4. The van der Waals surface area contributed by atoms with Gasteiger partial charge in [-0.15, -0.1) is 0 Å². The normalized spacial score (nSPS) is 11.7. The number of phenolic OH excluding ortho intramolecular Hbond substituents is 1. The van der Waals surface area contributed by atoms with Gasteiger partial charge in [0.25, 0.3) is 0 Å². The van der Waals surface area contributed by atoms with Crippen molar-refractivity contribution in [3.05, 3.63) is 52.4 Å². The lowest BCUT2D eigenvalue weighted by atomic mass is 9.93. The molecule has 1 aromatic heterocycles. The van der Waals surface area contributed by atoms with E-state index in [1.165, 1.54) is 18.2 Å². The summed E-state index contributed by atoms with van der Waals surface area (Å²) < 4.78 is 9.97. The average molecular weight is 345 g/mol. The molecule has 1 unspecified atom stereocenters. The number of alkyl carbamates (subject to hydrolysis) is 1. The first-order valence-electron chi connectivity index (χ1n) is 7.78. The summed E-state index contributed by atoms with van der Waals surface area (Å²) in [5, 5.41) is 12.9. The monoisotopic (exact) mass is 345 g/mol. The van der Waals surface area contributed by atoms with E-state index in [1.54, 1.807) is 6.07 Å². The summed E-state index contributed by atoms with van der Waals surface area (Å²) >= 11 is 0. The molecule has 2 aromatic rings. The molecule has 1 aromatic carbocycles. The van der Waals surface area contributed by atoms with E-state index in [2.05, 4.69) is 11.9 Å². The molecule has 2 N–H and O–H groups in total. The molecule has 0 fully saturated rings. The molecule has 0 aliphatic carbocycles. The SMILES string of the molecule is C=CCOC(=O)NCC(CC)c1cc(=O)oc2c(C=O)c(O)ccc12. The number of carbonyl (C=O) groups is 2. The highest BCUT2D eigenvalue weighted by molar-refractivity contribution is 5.98. The van der Waals surface area contributed by atoms with Crippen molar-refractivity contribution in [3.63, 3.8) is 0 Å². The van der Waals surface area contributed by atoms with Gasteiger partial charge in [-0.25, -0.2) is 9.59 Å². The van der Waals surface area contributed by atoms with Crippen molar-refractivity contribution in [1.29, 1.82) is 0 Å². The summed E-state index contributed by atoms with van der Waals surface area (Å²) in [7, 11) is 0. The van der Waals surface area contributed by atoms with Crippen LogP contribution in [0.15, 0.2) is 40.1 Å². The van der Waals surface area contributed by atoms with Crippen LogP contribution in [0.5, 0.6) is 5.75 Å². The van der Waals surface area contributed by atoms with Crippen LogP contribution in [0.1, 0.15) is 35.2 Å². The minimum Gasteiger partial charge on any atom is -0.507 e. The van der Waals surface area contributed by atoms with E-state index < -0.39 is 11.7 Å². The van der Waals surface area contributed by atoms with Crippen molar-refractivity contribution in [2.24, 2.45) is 0 Å². The first kappa shape index (κ1) is 18.3. The molecule has 0 bridgehead atoms. The molecule has 0 saturated heterocycles. The number of rotatable bonds is 7. The highest BCUT2D eigenvalue weighted by Crippen LogP contribution is 2.31. The smallest absolute Gasteiger partial charge is 0.407 e. The van der Waals surface area contributed by atoms with E-state index in [0.717, 1.165) is 0 Å². The Morgan fingerprint density at radius 3 is 2.88 bits per heavy atom. The molecule has 0 radical (unpaired) electrons. The van der Waals surface area contributed by atoms with Crippen molar-refractivity contribution in [3.8, 4) is 5.75 Å². The Bertz CT molecular complexity index is 855. The number of phenols is 1. The van der Waals surface area contributed by atoms with Gasteiger partial charge in [0.2, 0.25) is 0 Å². The Labute approximate surface area is 143 Å². The fraction of sp³-hybridized carbons (Fsp3) is 0.278. The van der Waals surface area contributed by atoms with Gasteiger partial charge >= 0.3 is 11.7 Å². The molecule has 0 spiro atoms. The Balaban J connectivity index is 2.40. The lowest BCUT2D eigenvalue weighted by Crippen LogP contribution is -2.29. The van der Waals surface area contributed by atoms with Crippen LogP contribution < -0.4 is 10.9 Å². The van der Waals surface area contributed by atoms with Crippen LogP contribution in [0.25, 0.3) is 11.0 Å². The molecule has 7 nitrogen and oxygen atoms in total. The molecule has 1 atom stereocenters. The molecular weight excluding hydrogens is 326 g/mol. The highest BCUT2D eigenvalue weighted by atomic mass is 16.5. The number of fused-ring (bicyclic) bond motifs is 1. The van der Waals surface area contributed by atoms with Crippen LogP contribution in [-0.2, 0) is 4.74 Å². The standard InChI is InChI=1S/C18H19NO6/c1-3-7-24-18(23)19-9-11(4-2)13-8-16(22)25-17-12(13)5-6-15(21)14(17)10-20/h3,5-6,8,10-11,21H,1,4,7,9H2,2H3,(H,19,23). The fourth-order valence-electron chi connectivity index (χ4n) is 2.58. The van der Waals surface area contributed by atoms with E-state index in [9.17, 15) is 19.5 Å². The van der Waals surface area contributed by atoms with Gasteiger partial charge < -0.3 is 19.6 Å². The second-order valence-corrected chi connectivity index (χ2v) is 5.39.